The van der Waals surface area contributed by atoms with Crippen molar-refractivity contribution in [3.05, 3.63) is 64.1 Å². The standard InChI is InChI=1S/C20H21BrN4O3/c21-16-8-3-6-15(11-16)20(28)22-12-18(26)23-24-19(27)13-25-10-4-7-14-5-1-2-9-17(14)25/h1-3,5-6,8-9,11H,4,7,10,12-13H2,(H,22,28)(H,23,26)(H,24,27). The van der Waals surface area contributed by atoms with Gasteiger partial charge in [0.15, 0.2) is 0 Å². The Kier molecular flexibility index (Phi) is 6.65. The first-order valence-corrected chi connectivity index (χ1v) is 9.76. The fourth-order valence-corrected chi connectivity index (χ4v) is 3.46. The van der Waals surface area contributed by atoms with E-state index in [-0.39, 0.29) is 24.9 Å². The summed E-state index contributed by atoms with van der Waals surface area (Å²) in [5.41, 5.74) is 7.43. The summed E-state index contributed by atoms with van der Waals surface area (Å²) >= 11 is 3.29. The smallest absolute Gasteiger partial charge is 0.257 e. The lowest BCUT2D eigenvalue weighted by Gasteiger charge is -2.30. The quantitative estimate of drug-likeness (QED) is 0.613. The van der Waals surface area contributed by atoms with Crippen LogP contribution < -0.4 is 21.1 Å². The molecule has 0 bridgehead atoms. The number of rotatable bonds is 5. The molecule has 0 saturated heterocycles. The van der Waals surface area contributed by atoms with Crippen molar-refractivity contribution in [1.29, 1.82) is 0 Å². The molecule has 1 aliphatic rings. The summed E-state index contributed by atoms with van der Waals surface area (Å²) in [6, 6.07) is 14.8. The molecule has 1 heterocycles. The van der Waals surface area contributed by atoms with E-state index < -0.39 is 5.91 Å². The van der Waals surface area contributed by atoms with Crippen LogP contribution in [0.2, 0.25) is 0 Å². The van der Waals surface area contributed by atoms with Gasteiger partial charge in [-0.05, 0) is 42.7 Å². The summed E-state index contributed by atoms with van der Waals surface area (Å²) in [4.78, 5) is 38.0. The number of hydrogen-bond acceptors (Lipinski definition) is 4. The SMILES string of the molecule is O=C(CNC(=O)c1cccc(Br)c1)NNC(=O)CN1CCCc2ccccc21. The van der Waals surface area contributed by atoms with E-state index in [1.165, 1.54) is 5.56 Å². The first kappa shape index (κ1) is 19.9. The lowest BCUT2D eigenvalue weighted by atomic mass is 10.0. The van der Waals surface area contributed by atoms with Crippen molar-refractivity contribution in [3.8, 4) is 0 Å². The van der Waals surface area contributed by atoms with E-state index in [2.05, 4.69) is 38.2 Å². The van der Waals surface area contributed by atoms with Crippen LogP contribution in [0.15, 0.2) is 53.0 Å². The van der Waals surface area contributed by atoms with Crippen molar-refractivity contribution in [2.24, 2.45) is 0 Å². The Morgan fingerprint density at radius 2 is 1.79 bits per heavy atom. The summed E-state index contributed by atoms with van der Waals surface area (Å²) in [6.45, 7) is 0.709. The molecule has 8 heteroatoms. The molecule has 0 aromatic heterocycles. The third kappa shape index (κ3) is 5.32. The average Bonchev–Trinajstić information content (AvgIpc) is 2.71. The molecule has 28 heavy (non-hydrogen) atoms. The number of anilines is 1. The van der Waals surface area contributed by atoms with Crippen LogP contribution in [-0.2, 0) is 16.0 Å². The molecule has 3 rings (SSSR count). The van der Waals surface area contributed by atoms with E-state index in [4.69, 9.17) is 0 Å². The van der Waals surface area contributed by atoms with Crippen molar-refractivity contribution in [2.45, 2.75) is 12.8 Å². The van der Waals surface area contributed by atoms with E-state index in [1.807, 2.05) is 23.1 Å². The van der Waals surface area contributed by atoms with Crippen LogP contribution in [0.3, 0.4) is 0 Å². The molecule has 0 fully saturated rings. The zero-order chi connectivity index (χ0) is 19.9. The molecule has 0 saturated carbocycles. The van der Waals surface area contributed by atoms with E-state index in [1.54, 1.807) is 24.3 Å². The van der Waals surface area contributed by atoms with Gasteiger partial charge in [0.05, 0.1) is 13.1 Å². The predicted octanol–water partition coefficient (Wildman–Crippen LogP) is 1.78. The van der Waals surface area contributed by atoms with E-state index in [0.717, 1.165) is 29.5 Å². The Morgan fingerprint density at radius 1 is 1.00 bits per heavy atom. The average molecular weight is 445 g/mol. The lowest BCUT2D eigenvalue weighted by Crippen LogP contribution is -2.49. The minimum atomic E-state index is -0.504. The number of para-hydroxylation sites is 1. The maximum absolute atomic E-state index is 12.2. The zero-order valence-electron chi connectivity index (χ0n) is 15.2. The topological polar surface area (TPSA) is 90.5 Å². The maximum atomic E-state index is 12.2. The molecular weight excluding hydrogens is 424 g/mol. The van der Waals surface area contributed by atoms with Gasteiger partial charge >= 0.3 is 0 Å². The van der Waals surface area contributed by atoms with Crippen LogP contribution >= 0.6 is 15.9 Å². The number of nitrogens with one attached hydrogen (secondary N) is 3. The van der Waals surface area contributed by atoms with Gasteiger partial charge in [-0.2, -0.15) is 0 Å². The number of aryl methyl sites for hydroxylation is 1. The lowest BCUT2D eigenvalue weighted by molar-refractivity contribution is -0.127. The van der Waals surface area contributed by atoms with Crippen molar-refractivity contribution in [3.63, 3.8) is 0 Å². The van der Waals surface area contributed by atoms with Gasteiger partial charge in [0.25, 0.3) is 17.7 Å². The third-order valence-corrected chi connectivity index (χ3v) is 4.87. The van der Waals surface area contributed by atoms with Gasteiger partial charge in [0, 0.05) is 22.3 Å². The minimum absolute atomic E-state index is 0.154. The number of fused-ring (bicyclic) bond motifs is 1. The minimum Gasteiger partial charge on any atom is -0.362 e. The molecule has 0 aliphatic carbocycles. The van der Waals surface area contributed by atoms with Crippen molar-refractivity contribution in [1.82, 2.24) is 16.2 Å². The molecule has 3 N–H and O–H groups in total. The van der Waals surface area contributed by atoms with Crippen LogP contribution in [0.4, 0.5) is 5.69 Å². The summed E-state index contributed by atoms with van der Waals surface area (Å²) in [7, 11) is 0. The number of hydrogen-bond donors (Lipinski definition) is 3. The van der Waals surface area contributed by atoms with Crippen LogP contribution in [0, 0.1) is 0 Å². The number of nitrogens with zero attached hydrogens (tertiary/aromatic N) is 1. The van der Waals surface area contributed by atoms with Gasteiger partial charge in [-0.25, -0.2) is 0 Å². The van der Waals surface area contributed by atoms with E-state index >= 15 is 0 Å². The highest BCUT2D eigenvalue weighted by atomic mass is 79.9. The van der Waals surface area contributed by atoms with Crippen molar-refractivity contribution >= 4 is 39.3 Å². The first-order chi connectivity index (χ1) is 13.5. The third-order valence-electron chi connectivity index (χ3n) is 4.38. The number of amides is 3. The van der Waals surface area contributed by atoms with Gasteiger partial charge in [-0.3, -0.25) is 25.2 Å². The molecule has 146 valence electrons. The van der Waals surface area contributed by atoms with Crippen molar-refractivity contribution in [2.75, 3.05) is 24.5 Å². The van der Waals surface area contributed by atoms with Gasteiger partial charge in [-0.1, -0.05) is 40.2 Å². The second kappa shape index (κ2) is 9.36. The highest BCUT2D eigenvalue weighted by Gasteiger charge is 2.18. The molecule has 2 aromatic rings. The number of carbonyl (C=O) groups excluding carboxylic acids is 3. The monoisotopic (exact) mass is 444 g/mol. The number of benzene rings is 2. The first-order valence-electron chi connectivity index (χ1n) is 8.97. The number of carbonyl (C=O) groups is 3. The predicted molar refractivity (Wildman–Crippen MR) is 110 cm³/mol. The Labute approximate surface area is 171 Å². The molecule has 0 unspecified atom stereocenters. The van der Waals surface area contributed by atoms with Crippen LogP contribution in [0.1, 0.15) is 22.3 Å². The Morgan fingerprint density at radius 3 is 2.61 bits per heavy atom. The fourth-order valence-electron chi connectivity index (χ4n) is 3.06. The van der Waals surface area contributed by atoms with Gasteiger partial charge < -0.3 is 10.2 Å². The second-order valence-electron chi connectivity index (χ2n) is 6.44. The Balaban J connectivity index is 1.42. The Bertz CT molecular complexity index is 887. The largest absolute Gasteiger partial charge is 0.362 e. The highest BCUT2D eigenvalue weighted by molar-refractivity contribution is 9.10. The second-order valence-corrected chi connectivity index (χ2v) is 7.36. The van der Waals surface area contributed by atoms with Crippen molar-refractivity contribution < 1.29 is 14.4 Å². The van der Waals surface area contributed by atoms with E-state index in [9.17, 15) is 14.4 Å². The molecule has 0 atom stereocenters. The zero-order valence-corrected chi connectivity index (χ0v) is 16.8. The Hall–Kier alpha value is -2.87. The molecule has 1 aliphatic heterocycles. The van der Waals surface area contributed by atoms with Gasteiger partial charge in [0.1, 0.15) is 0 Å². The fraction of sp³-hybridized carbons (Fsp3) is 0.250. The molecular formula is C20H21BrN4O3. The normalized spacial score (nSPS) is 12.7. The summed E-state index contributed by atoms with van der Waals surface area (Å²) in [5, 5.41) is 2.51. The molecule has 3 amide bonds. The van der Waals surface area contributed by atoms with Crippen LogP contribution in [0.25, 0.3) is 0 Å². The van der Waals surface area contributed by atoms with Gasteiger partial charge in [-0.15, -0.1) is 0 Å². The highest BCUT2D eigenvalue weighted by Crippen LogP contribution is 2.26. The summed E-state index contributed by atoms with van der Waals surface area (Å²) < 4.78 is 0.774. The van der Waals surface area contributed by atoms with E-state index in [0.29, 0.717) is 5.56 Å². The molecule has 0 spiro atoms. The van der Waals surface area contributed by atoms with Gasteiger partial charge in [0.2, 0.25) is 0 Å². The molecule has 2 aromatic carbocycles. The molecule has 0 radical (unpaired) electrons. The number of halogens is 1. The maximum Gasteiger partial charge on any atom is 0.257 e. The summed E-state index contributed by atoms with van der Waals surface area (Å²) in [5.74, 6) is -1.19. The summed E-state index contributed by atoms with van der Waals surface area (Å²) in [6.07, 6.45) is 1.99. The number of hydrazine groups is 1. The van der Waals surface area contributed by atoms with Crippen LogP contribution in [-0.4, -0.2) is 37.4 Å². The molecule has 7 nitrogen and oxygen atoms in total. The van der Waals surface area contributed by atoms with Crippen LogP contribution in [0.5, 0.6) is 0 Å².